The molecular formula is C33H46N4O5S. The van der Waals surface area contributed by atoms with Gasteiger partial charge in [0.05, 0.1) is 25.3 Å². The number of hydrogen-bond acceptors (Lipinski definition) is 10. The molecule has 2 aromatic rings. The maximum Gasteiger partial charge on any atom is 0.309 e. The molecule has 4 N–H and O–H groups in total. The summed E-state index contributed by atoms with van der Waals surface area (Å²) in [7, 11) is 1.66. The normalized spacial score (nSPS) is 21.7. The van der Waals surface area contributed by atoms with Crippen molar-refractivity contribution in [3.63, 3.8) is 0 Å². The van der Waals surface area contributed by atoms with Gasteiger partial charge in [0, 0.05) is 42.1 Å². The van der Waals surface area contributed by atoms with Crippen molar-refractivity contribution in [1.82, 2.24) is 5.32 Å². The monoisotopic (exact) mass is 610 g/mol. The number of nitrogens with two attached hydrogens (primary N) is 1. The standard InChI is InChI=1S/C33H46N4O5S/c1-20(24-18-37(14-13-35-24)25-11-9-10-12-26(25)41-8)42-27(38)17-33(19-43-30(34)36-33)29(40)21-15-22(31(2,3)4)28(39)23(16-21)32(5,6)7/h9-12,15-16,20,24,35,39H,13-14,17-19H2,1-8H3,(H2,34,36). The van der Waals surface area contributed by atoms with Gasteiger partial charge in [-0.2, -0.15) is 0 Å². The third-order valence-corrected chi connectivity index (χ3v) is 9.15. The number of ketones is 1. The number of Topliss-reactive ketones (excluding diaryl/α,β-unsaturated/α-hetero) is 1. The Labute approximate surface area is 259 Å². The van der Waals surface area contributed by atoms with Crippen LogP contribution in [0.25, 0.3) is 0 Å². The summed E-state index contributed by atoms with van der Waals surface area (Å²) in [6.07, 6.45) is -0.690. The molecule has 0 bridgehead atoms. The van der Waals surface area contributed by atoms with E-state index in [2.05, 4.69) is 15.2 Å². The number of aliphatic imine (C=N–C) groups is 1. The Morgan fingerprint density at radius 1 is 1.16 bits per heavy atom. The van der Waals surface area contributed by atoms with Crippen molar-refractivity contribution < 1.29 is 24.2 Å². The van der Waals surface area contributed by atoms with Crippen LogP contribution >= 0.6 is 11.8 Å². The number of para-hydroxylation sites is 2. The number of aromatic hydroxyl groups is 1. The molecule has 2 heterocycles. The van der Waals surface area contributed by atoms with Gasteiger partial charge in [-0.1, -0.05) is 65.4 Å². The first-order valence-corrected chi connectivity index (χ1v) is 15.8. The molecule has 3 unspecified atom stereocenters. The van der Waals surface area contributed by atoms with Crippen LogP contribution in [-0.4, -0.2) is 72.2 Å². The second kappa shape index (κ2) is 12.4. The third-order valence-electron chi connectivity index (χ3n) is 8.15. The fraction of sp³-hybridized carbons (Fsp3) is 0.545. The molecule has 0 aliphatic carbocycles. The number of amidine groups is 1. The number of hydrogen-bond donors (Lipinski definition) is 3. The first-order valence-electron chi connectivity index (χ1n) is 14.8. The van der Waals surface area contributed by atoms with Gasteiger partial charge < -0.3 is 30.5 Å². The molecular weight excluding hydrogens is 564 g/mol. The van der Waals surface area contributed by atoms with E-state index in [1.165, 1.54) is 11.8 Å². The highest BCUT2D eigenvalue weighted by Crippen LogP contribution is 2.42. The number of piperazine rings is 1. The molecule has 1 fully saturated rings. The molecule has 43 heavy (non-hydrogen) atoms. The minimum Gasteiger partial charge on any atom is -0.507 e. The van der Waals surface area contributed by atoms with Crippen molar-refractivity contribution >= 4 is 34.4 Å². The lowest BCUT2D eigenvalue weighted by atomic mass is 9.76. The SMILES string of the molecule is COc1ccccc1N1CCNC(C(C)OC(=O)CC2(C(=O)c3cc(C(C)(C)C)c(O)c(C(C)(C)C)c3)CSC(N)=N2)C1. The molecule has 2 aliphatic heterocycles. The first kappa shape index (κ1) is 32.7. The Balaban J connectivity index is 1.56. The molecule has 10 heteroatoms. The lowest BCUT2D eigenvalue weighted by molar-refractivity contribution is -0.150. The fourth-order valence-electron chi connectivity index (χ4n) is 5.71. The zero-order valence-electron chi connectivity index (χ0n) is 26.6. The van der Waals surface area contributed by atoms with Crippen molar-refractivity contribution in [2.45, 2.75) is 83.4 Å². The van der Waals surface area contributed by atoms with Gasteiger partial charge in [-0.25, -0.2) is 4.99 Å². The van der Waals surface area contributed by atoms with Gasteiger partial charge >= 0.3 is 5.97 Å². The highest BCUT2D eigenvalue weighted by atomic mass is 32.2. The van der Waals surface area contributed by atoms with Gasteiger partial charge in [0.15, 0.2) is 11.0 Å². The lowest BCUT2D eigenvalue weighted by Crippen LogP contribution is -2.56. The first-order chi connectivity index (χ1) is 20.1. The van der Waals surface area contributed by atoms with Crippen LogP contribution in [0.3, 0.4) is 0 Å². The second-order valence-electron chi connectivity index (χ2n) is 13.6. The summed E-state index contributed by atoms with van der Waals surface area (Å²) >= 11 is 1.26. The highest BCUT2D eigenvalue weighted by molar-refractivity contribution is 8.14. The summed E-state index contributed by atoms with van der Waals surface area (Å²) in [4.78, 5) is 34.5. The minimum atomic E-state index is -1.39. The largest absolute Gasteiger partial charge is 0.507 e. The number of nitrogens with zero attached hydrogens (tertiary/aromatic N) is 2. The van der Waals surface area contributed by atoms with Crippen LogP contribution < -0.4 is 20.7 Å². The van der Waals surface area contributed by atoms with E-state index < -0.39 is 28.4 Å². The van der Waals surface area contributed by atoms with Gasteiger partial charge in [0.2, 0.25) is 0 Å². The number of benzene rings is 2. The quantitative estimate of drug-likeness (QED) is 0.286. The molecule has 1 saturated heterocycles. The maximum atomic E-state index is 14.3. The van der Waals surface area contributed by atoms with E-state index in [1.54, 1.807) is 19.2 Å². The van der Waals surface area contributed by atoms with Crippen LogP contribution in [0.1, 0.15) is 76.4 Å². The van der Waals surface area contributed by atoms with E-state index in [9.17, 15) is 14.7 Å². The van der Waals surface area contributed by atoms with Crippen LogP contribution in [0.2, 0.25) is 0 Å². The third kappa shape index (κ3) is 7.12. The summed E-state index contributed by atoms with van der Waals surface area (Å²) in [5, 5.41) is 14.9. The summed E-state index contributed by atoms with van der Waals surface area (Å²) in [5.41, 5.74) is 6.57. The fourth-order valence-corrected chi connectivity index (χ4v) is 6.63. The Bertz CT molecular complexity index is 1360. The summed E-state index contributed by atoms with van der Waals surface area (Å²) in [6, 6.07) is 11.2. The Morgan fingerprint density at radius 3 is 2.35 bits per heavy atom. The number of esters is 1. The van der Waals surface area contributed by atoms with Crippen LogP contribution in [0.15, 0.2) is 41.4 Å². The molecule has 234 valence electrons. The Kier molecular flexibility index (Phi) is 9.42. The van der Waals surface area contributed by atoms with Gasteiger partial charge in [0.25, 0.3) is 0 Å². The zero-order valence-corrected chi connectivity index (χ0v) is 27.4. The topological polar surface area (TPSA) is 126 Å². The van der Waals surface area contributed by atoms with Crippen LogP contribution in [0.4, 0.5) is 5.69 Å². The van der Waals surface area contributed by atoms with Crippen LogP contribution in [0.5, 0.6) is 11.5 Å². The maximum absolute atomic E-state index is 14.3. The lowest BCUT2D eigenvalue weighted by Gasteiger charge is -2.38. The molecule has 4 rings (SSSR count). The number of thioether (sulfide) groups is 1. The van der Waals surface area contributed by atoms with Crippen molar-refractivity contribution in [2.24, 2.45) is 10.7 Å². The molecule has 0 aromatic heterocycles. The van der Waals surface area contributed by atoms with Crippen molar-refractivity contribution in [2.75, 3.05) is 37.4 Å². The van der Waals surface area contributed by atoms with Crippen LogP contribution in [0, 0.1) is 0 Å². The number of anilines is 1. The Morgan fingerprint density at radius 2 is 1.79 bits per heavy atom. The van der Waals surface area contributed by atoms with E-state index in [4.69, 9.17) is 15.2 Å². The average Bonchev–Trinajstić information content (AvgIpc) is 3.32. The van der Waals surface area contributed by atoms with Crippen molar-refractivity contribution in [3.8, 4) is 11.5 Å². The molecule has 0 radical (unpaired) electrons. The molecule has 3 atom stereocenters. The molecule has 2 aromatic carbocycles. The number of carbonyl (C=O) groups excluding carboxylic acids is 2. The highest BCUT2D eigenvalue weighted by Gasteiger charge is 2.46. The molecule has 0 amide bonds. The number of methoxy groups -OCH3 is 1. The minimum absolute atomic E-state index is 0.124. The van der Waals surface area contributed by atoms with Crippen molar-refractivity contribution in [1.29, 1.82) is 0 Å². The number of ether oxygens (including phenoxy) is 2. The van der Waals surface area contributed by atoms with Gasteiger partial charge in [0.1, 0.15) is 23.1 Å². The average molecular weight is 611 g/mol. The smallest absolute Gasteiger partial charge is 0.309 e. The number of phenols is 1. The van der Waals surface area contributed by atoms with E-state index in [-0.39, 0.29) is 34.9 Å². The van der Waals surface area contributed by atoms with Crippen molar-refractivity contribution in [3.05, 3.63) is 53.1 Å². The predicted octanol–water partition coefficient (Wildman–Crippen LogP) is 4.78. The van der Waals surface area contributed by atoms with Gasteiger partial charge in [-0.3, -0.25) is 9.59 Å². The molecule has 2 aliphatic rings. The summed E-state index contributed by atoms with van der Waals surface area (Å²) in [6.45, 7) is 16.0. The number of rotatable bonds is 8. The zero-order chi connectivity index (χ0) is 31.7. The second-order valence-corrected chi connectivity index (χ2v) is 14.6. The van der Waals surface area contributed by atoms with E-state index >= 15 is 0 Å². The van der Waals surface area contributed by atoms with E-state index in [0.29, 0.717) is 23.2 Å². The number of nitrogens with one attached hydrogen (secondary N) is 1. The predicted molar refractivity (Wildman–Crippen MR) is 174 cm³/mol. The van der Waals surface area contributed by atoms with E-state index in [0.717, 1.165) is 24.5 Å². The van der Waals surface area contributed by atoms with Gasteiger partial charge in [-0.15, -0.1) is 0 Å². The van der Waals surface area contributed by atoms with E-state index in [1.807, 2.05) is 72.7 Å². The number of phenolic OH excluding ortho intramolecular Hbond substituents is 1. The Hall–Kier alpha value is -3.24. The summed E-state index contributed by atoms with van der Waals surface area (Å²) < 4.78 is 11.5. The van der Waals surface area contributed by atoms with Crippen LogP contribution in [-0.2, 0) is 20.4 Å². The molecule has 0 saturated carbocycles. The van der Waals surface area contributed by atoms with Gasteiger partial charge in [-0.05, 0) is 42.0 Å². The summed E-state index contributed by atoms with van der Waals surface area (Å²) in [5.74, 6) is 0.396. The molecule has 9 nitrogen and oxygen atoms in total. The molecule has 0 spiro atoms. The number of carbonyl (C=O) groups is 2.